The van der Waals surface area contributed by atoms with Crippen LogP contribution in [0.2, 0.25) is 0 Å². The molecule has 0 saturated carbocycles. The van der Waals surface area contributed by atoms with Gasteiger partial charge in [0.1, 0.15) is 5.75 Å². The molecule has 2 aromatic carbocycles. The molecular formula is C19H21N3O5S. The van der Waals surface area contributed by atoms with Crippen molar-refractivity contribution in [1.82, 2.24) is 4.72 Å². The number of rotatable bonds is 8. The van der Waals surface area contributed by atoms with Gasteiger partial charge in [0.15, 0.2) is 0 Å². The van der Waals surface area contributed by atoms with Crippen LogP contribution in [0.5, 0.6) is 5.75 Å². The Morgan fingerprint density at radius 1 is 1.14 bits per heavy atom. The maximum atomic E-state index is 12.6. The highest BCUT2D eigenvalue weighted by atomic mass is 32.2. The number of methoxy groups -OCH3 is 1. The largest absolute Gasteiger partial charge is 0.495 e. The third-order valence-corrected chi connectivity index (χ3v) is 5.01. The van der Waals surface area contributed by atoms with Gasteiger partial charge in [-0.25, -0.2) is 13.1 Å². The van der Waals surface area contributed by atoms with Crippen LogP contribution in [-0.4, -0.2) is 33.9 Å². The average Bonchev–Trinajstić information content (AvgIpc) is 2.66. The van der Waals surface area contributed by atoms with Crippen LogP contribution >= 0.6 is 0 Å². The molecule has 0 spiro atoms. The maximum Gasteiger partial charge on any atom is 0.255 e. The molecular weight excluding hydrogens is 382 g/mol. The number of anilines is 2. The number of ether oxygens (including phenoxy) is 1. The van der Waals surface area contributed by atoms with E-state index < -0.39 is 15.9 Å². The Morgan fingerprint density at radius 2 is 1.89 bits per heavy atom. The molecule has 148 valence electrons. The van der Waals surface area contributed by atoms with Crippen molar-refractivity contribution in [2.24, 2.45) is 0 Å². The van der Waals surface area contributed by atoms with Crippen molar-refractivity contribution in [2.75, 3.05) is 24.3 Å². The fourth-order valence-electron chi connectivity index (χ4n) is 2.34. The first-order valence-corrected chi connectivity index (χ1v) is 9.72. The van der Waals surface area contributed by atoms with Crippen LogP contribution in [0.4, 0.5) is 11.4 Å². The number of amides is 2. The maximum absolute atomic E-state index is 12.6. The number of carbonyl (C=O) groups is 2. The molecule has 0 radical (unpaired) electrons. The van der Waals surface area contributed by atoms with Gasteiger partial charge in [-0.15, -0.1) is 6.58 Å². The van der Waals surface area contributed by atoms with Crippen LogP contribution in [0, 0.1) is 0 Å². The standard InChI is InChI=1S/C19H21N3O5S/c1-4-10-20-28(25,26)16-7-5-6-14(11-16)19(24)22-17-12-15(21-13(2)23)8-9-18(17)27-3/h4-9,11-12,20H,1,10H2,2-3H3,(H,21,23)(H,22,24). The van der Waals surface area contributed by atoms with E-state index in [0.29, 0.717) is 17.1 Å². The van der Waals surface area contributed by atoms with E-state index in [9.17, 15) is 18.0 Å². The second kappa shape index (κ2) is 9.16. The Hall–Kier alpha value is -3.17. The lowest BCUT2D eigenvalue weighted by Gasteiger charge is -2.13. The van der Waals surface area contributed by atoms with Crippen molar-refractivity contribution in [1.29, 1.82) is 0 Å². The fourth-order valence-corrected chi connectivity index (χ4v) is 3.38. The molecule has 8 nitrogen and oxygen atoms in total. The Balaban J connectivity index is 2.29. The molecule has 0 unspecified atom stereocenters. The summed E-state index contributed by atoms with van der Waals surface area (Å²) in [7, 11) is -2.31. The zero-order chi connectivity index (χ0) is 20.7. The summed E-state index contributed by atoms with van der Waals surface area (Å²) in [5.74, 6) is -0.398. The van der Waals surface area contributed by atoms with E-state index in [4.69, 9.17) is 4.74 Å². The Kier molecular flexibility index (Phi) is 6.91. The minimum atomic E-state index is -3.76. The molecule has 3 N–H and O–H groups in total. The highest BCUT2D eigenvalue weighted by Gasteiger charge is 2.16. The van der Waals surface area contributed by atoms with Gasteiger partial charge in [0.2, 0.25) is 15.9 Å². The van der Waals surface area contributed by atoms with Crippen LogP contribution in [0.3, 0.4) is 0 Å². The summed E-state index contributed by atoms with van der Waals surface area (Å²) in [4.78, 5) is 23.8. The Morgan fingerprint density at radius 3 is 2.54 bits per heavy atom. The molecule has 0 aliphatic rings. The summed E-state index contributed by atoms with van der Waals surface area (Å²) >= 11 is 0. The molecule has 0 aliphatic carbocycles. The van der Waals surface area contributed by atoms with Crippen LogP contribution in [-0.2, 0) is 14.8 Å². The predicted octanol–water partition coefficient (Wildman–Crippen LogP) is 2.37. The Bertz CT molecular complexity index is 1000. The molecule has 9 heteroatoms. The molecule has 2 amide bonds. The van der Waals surface area contributed by atoms with Gasteiger partial charge in [0, 0.05) is 24.7 Å². The molecule has 0 atom stereocenters. The van der Waals surface area contributed by atoms with E-state index in [-0.39, 0.29) is 22.9 Å². The van der Waals surface area contributed by atoms with Crippen molar-refractivity contribution < 1.29 is 22.7 Å². The van der Waals surface area contributed by atoms with Crippen LogP contribution in [0.25, 0.3) is 0 Å². The van der Waals surface area contributed by atoms with Crippen LogP contribution in [0.1, 0.15) is 17.3 Å². The molecule has 0 heterocycles. The molecule has 2 rings (SSSR count). The van der Waals surface area contributed by atoms with Gasteiger partial charge in [0.05, 0.1) is 17.7 Å². The van der Waals surface area contributed by atoms with E-state index in [2.05, 4.69) is 21.9 Å². The third-order valence-electron chi connectivity index (χ3n) is 3.59. The van der Waals surface area contributed by atoms with Gasteiger partial charge in [0.25, 0.3) is 5.91 Å². The lowest BCUT2D eigenvalue weighted by atomic mass is 10.2. The summed E-state index contributed by atoms with van der Waals surface area (Å²) in [5.41, 5.74) is 0.957. The van der Waals surface area contributed by atoms with Gasteiger partial charge >= 0.3 is 0 Å². The minimum absolute atomic E-state index is 0.0408. The number of nitrogens with one attached hydrogen (secondary N) is 3. The SMILES string of the molecule is C=CCNS(=O)(=O)c1cccc(C(=O)Nc2cc(NC(C)=O)ccc2OC)c1. The van der Waals surface area contributed by atoms with Crippen molar-refractivity contribution in [3.05, 3.63) is 60.7 Å². The lowest BCUT2D eigenvalue weighted by molar-refractivity contribution is -0.114. The monoisotopic (exact) mass is 403 g/mol. The Labute approximate surface area is 163 Å². The van der Waals surface area contributed by atoms with E-state index in [0.717, 1.165) is 0 Å². The van der Waals surface area contributed by atoms with Crippen LogP contribution < -0.4 is 20.1 Å². The molecule has 0 saturated heterocycles. The topological polar surface area (TPSA) is 114 Å². The number of benzene rings is 2. The number of sulfonamides is 1. The quantitative estimate of drug-likeness (QED) is 0.586. The summed E-state index contributed by atoms with van der Waals surface area (Å²) in [6.07, 6.45) is 1.42. The average molecular weight is 403 g/mol. The minimum Gasteiger partial charge on any atom is -0.495 e. The molecule has 28 heavy (non-hydrogen) atoms. The van der Waals surface area contributed by atoms with Crippen molar-refractivity contribution in [2.45, 2.75) is 11.8 Å². The number of carbonyl (C=O) groups excluding carboxylic acids is 2. The molecule has 0 aromatic heterocycles. The first-order chi connectivity index (χ1) is 13.3. The second-order valence-electron chi connectivity index (χ2n) is 5.72. The van der Waals surface area contributed by atoms with Crippen molar-refractivity contribution in [3.8, 4) is 5.75 Å². The van der Waals surface area contributed by atoms with E-state index >= 15 is 0 Å². The fraction of sp³-hybridized carbons (Fsp3) is 0.158. The summed E-state index contributed by atoms with van der Waals surface area (Å²) in [5, 5.41) is 5.28. The summed E-state index contributed by atoms with van der Waals surface area (Å²) in [6.45, 7) is 4.91. The lowest BCUT2D eigenvalue weighted by Crippen LogP contribution is -2.24. The van der Waals surface area contributed by atoms with Gasteiger partial charge in [-0.2, -0.15) is 0 Å². The molecule has 2 aromatic rings. The highest BCUT2D eigenvalue weighted by molar-refractivity contribution is 7.89. The molecule has 0 fully saturated rings. The summed E-state index contributed by atoms with van der Waals surface area (Å²) in [6, 6.07) is 10.4. The van der Waals surface area contributed by atoms with Gasteiger partial charge < -0.3 is 15.4 Å². The van der Waals surface area contributed by atoms with Gasteiger partial charge in [-0.05, 0) is 36.4 Å². The molecule has 0 bridgehead atoms. The normalized spacial score (nSPS) is 10.8. The van der Waals surface area contributed by atoms with Crippen LogP contribution in [0.15, 0.2) is 60.0 Å². The second-order valence-corrected chi connectivity index (χ2v) is 7.49. The van der Waals surface area contributed by atoms with Gasteiger partial charge in [-0.1, -0.05) is 12.1 Å². The van der Waals surface area contributed by atoms with Crippen molar-refractivity contribution in [3.63, 3.8) is 0 Å². The smallest absolute Gasteiger partial charge is 0.255 e. The third kappa shape index (κ3) is 5.41. The zero-order valence-corrected chi connectivity index (χ0v) is 16.3. The predicted molar refractivity (Wildman–Crippen MR) is 107 cm³/mol. The first-order valence-electron chi connectivity index (χ1n) is 8.24. The van der Waals surface area contributed by atoms with E-state index in [1.165, 1.54) is 44.4 Å². The summed E-state index contributed by atoms with van der Waals surface area (Å²) < 4.78 is 32.0. The zero-order valence-electron chi connectivity index (χ0n) is 15.5. The number of hydrogen-bond acceptors (Lipinski definition) is 5. The van der Waals surface area contributed by atoms with E-state index in [1.807, 2.05) is 0 Å². The molecule has 0 aliphatic heterocycles. The highest BCUT2D eigenvalue weighted by Crippen LogP contribution is 2.28. The van der Waals surface area contributed by atoms with Gasteiger partial charge in [-0.3, -0.25) is 9.59 Å². The van der Waals surface area contributed by atoms with Crippen molar-refractivity contribution >= 4 is 33.2 Å². The first kappa shape index (κ1) is 21.1. The number of hydrogen-bond donors (Lipinski definition) is 3. The van der Waals surface area contributed by atoms with E-state index in [1.54, 1.807) is 18.2 Å².